The second-order valence-electron chi connectivity index (χ2n) is 5.42. The fraction of sp³-hybridized carbons (Fsp3) is 0.875. The minimum atomic E-state index is 0. The van der Waals surface area contributed by atoms with Crippen LogP contribution in [0.5, 0.6) is 0 Å². The summed E-state index contributed by atoms with van der Waals surface area (Å²) in [5.74, 6) is 0.713. The molecule has 0 radical (unpaired) electrons. The number of hydrogen-bond acceptors (Lipinski definition) is 3. The topological polar surface area (TPSA) is 66.0 Å². The molecule has 2 N–H and O–H groups in total. The Balaban J connectivity index is 0. The lowest BCUT2D eigenvalue weighted by molar-refractivity contribution is -0.127. The summed E-state index contributed by atoms with van der Waals surface area (Å²) in [6.45, 7) is 7.52. The molecule has 1 amide bonds. The molecule has 7 heteroatoms. The van der Waals surface area contributed by atoms with Gasteiger partial charge in [-0.25, -0.2) is 4.99 Å². The van der Waals surface area contributed by atoms with Crippen molar-refractivity contribution in [3.8, 4) is 0 Å². The lowest BCUT2D eigenvalue weighted by Crippen LogP contribution is -2.39. The molecule has 0 aliphatic rings. The zero-order valence-corrected chi connectivity index (χ0v) is 17.5. The van der Waals surface area contributed by atoms with E-state index in [0.717, 1.165) is 39.1 Å². The average molecular weight is 442 g/mol. The maximum absolute atomic E-state index is 11.6. The van der Waals surface area contributed by atoms with E-state index in [1.54, 1.807) is 19.0 Å². The fourth-order valence-corrected chi connectivity index (χ4v) is 1.75. The molecule has 0 atom stereocenters. The fourth-order valence-electron chi connectivity index (χ4n) is 1.75. The van der Waals surface area contributed by atoms with Crippen molar-refractivity contribution < 1.29 is 9.53 Å². The summed E-state index contributed by atoms with van der Waals surface area (Å²) in [5, 5.41) is 6.54. The van der Waals surface area contributed by atoms with E-state index in [-0.39, 0.29) is 36.4 Å². The van der Waals surface area contributed by atoms with Gasteiger partial charge in [-0.1, -0.05) is 26.2 Å². The van der Waals surface area contributed by atoms with Crippen LogP contribution in [0.25, 0.3) is 0 Å². The van der Waals surface area contributed by atoms with Gasteiger partial charge in [0, 0.05) is 40.4 Å². The summed E-state index contributed by atoms with van der Waals surface area (Å²) < 4.78 is 5.31. The van der Waals surface area contributed by atoms with Crippen molar-refractivity contribution in [1.82, 2.24) is 15.5 Å². The van der Waals surface area contributed by atoms with Crippen LogP contribution in [0.3, 0.4) is 0 Å². The van der Waals surface area contributed by atoms with E-state index in [2.05, 4.69) is 22.5 Å². The third kappa shape index (κ3) is 16.1. The van der Waals surface area contributed by atoms with Gasteiger partial charge in [-0.05, 0) is 19.8 Å². The molecule has 0 aromatic heterocycles. The van der Waals surface area contributed by atoms with Crippen LogP contribution in [-0.2, 0) is 9.53 Å². The zero-order valence-electron chi connectivity index (χ0n) is 15.2. The van der Waals surface area contributed by atoms with E-state index < -0.39 is 0 Å². The number of nitrogens with zero attached hydrogens (tertiary/aromatic N) is 2. The number of rotatable bonds is 12. The second-order valence-corrected chi connectivity index (χ2v) is 5.42. The van der Waals surface area contributed by atoms with Crippen LogP contribution in [-0.4, -0.2) is 63.7 Å². The monoisotopic (exact) mass is 442 g/mol. The predicted molar refractivity (Wildman–Crippen MR) is 108 cm³/mol. The first kappa shape index (κ1) is 24.7. The van der Waals surface area contributed by atoms with Gasteiger partial charge in [0.05, 0.1) is 0 Å². The van der Waals surface area contributed by atoms with E-state index in [1.807, 2.05) is 6.92 Å². The van der Waals surface area contributed by atoms with Crippen LogP contribution in [0, 0.1) is 0 Å². The minimum Gasteiger partial charge on any atom is -0.382 e. The molecule has 0 saturated heterocycles. The summed E-state index contributed by atoms with van der Waals surface area (Å²) in [4.78, 5) is 17.5. The zero-order chi connectivity index (χ0) is 16.6. The number of aliphatic imine (C=N–C) groups is 1. The summed E-state index contributed by atoms with van der Waals surface area (Å²) in [6.07, 6.45) is 5.75. The van der Waals surface area contributed by atoms with Gasteiger partial charge in [-0.2, -0.15) is 0 Å². The highest BCUT2D eigenvalue weighted by molar-refractivity contribution is 14.0. The number of halogens is 1. The van der Waals surface area contributed by atoms with Gasteiger partial charge in [0.1, 0.15) is 6.54 Å². The number of carbonyl (C=O) groups is 1. The van der Waals surface area contributed by atoms with Crippen LogP contribution in [0.1, 0.15) is 46.0 Å². The first-order valence-corrected chi connectivity index (χ1v) is 8.41. The van der Waals surface area contributed by atoms with Gasteiger partial charge in [-0.15, -0.1) is 24.0 Å². The van der Waals surface area contributed by atoms with E-state index in [1.165, 1.54) is 19.3 Å². The Kier molecular flexibility index (Phi) is 19.1. The molecule has 138 valence electrons. The average Bonchev–Trinajstić information content (AvgIpc) is 2.50. The van der Waals surface area contributed by atoms with Crippen molar-refractivity contribution in [2.24, 2.45) is 4.99 Å². The predicted octanol–water partition coefficient (Wildman–Crippen LogP) is 2.23. The Morgan fingerprint density at radius 2 is 1.70 bits per heavy atom. The maximum Gasteiger partial charge on any atom is 0.243 e. The van der Waals surface area contributed by atoms with Crippen LogP contribution < -0.4 is 10.6 Å². The number of amides is 1. The Bertz CT molecular complexity index is 296. The number of nitrogens with one attached hydrogen (secondary N) is 2. The minimum absolute atomic E-state index is 0. The molecule has 6 nitrogen and oxygen atoms in total. The van der Waals surface area contributed by atoms with Crippen LogP contribution in [0.15, 0.2) is 4.99 Å². The van der Waals surface area contributed by atoms with Crippen LogP contribution in [0.4, 0.5) is 0 Å². The molecular formula is C16H35IN4O2. The maximum atomic E-state index is 11.6. The van der Waals surface area contributed by atoms with E-state index in [0.29, 0.717) is 5.96 Å². The van der Waals surface area contributed by atoms with Gasteiger partial charge in [0.15, 0.2) is 5.96 Å². The molecule has 0 saturated carbocycles. The molecule has 0 heterocycles. The lowest BCUT2D eigenvalue weighted by Gasteiger charge is -2.13. The Morgan fingerprint density at radius 1 is 1.04 bits per heavy atom. The summed E-state index contributed by atoms with van der Waals surface area (Å²) in [5.41, 5.74) is 0. The van der Waals surface area contributed by atoms with Gasteiger partial charge in [-0.3, -0.25) is 4.79 Å². The van der Waals surface area contributed by atoms with E-state index in [4.69, 9.17) is 4.74 Å². The number of guanidine groups is 1. The lowest BCUT2D eigenvalue weighted by atomic mass is 10.2. The first-order chi connectivity index (χ1) is 10.6. The highest BCUT2D eigenvalue weighted by Gasteiger charge is 2.04. The highest BCUT2D eigenvalue weighted by Crippen LogP contribution is 1.96. The number of carbonyl (C=O) groups excluding carboxylic acids is 1. The molecule has 0 unspecified atom stereocenters. The van der Waals surface area contributed by atoms with Crippen molar-refractivity contribution in [3.63, 3.8) is 0 Å². The molecule has 0 aromatic rings. The third-order valence-electron chi connectivity index (χ3n) is 3.16. The quantitative estimate of drug-likeness (QED) is 0.211. The molecular weight excluding hydrogens is 407 g/mol. The van der Waals surface area contributed by atoms with Gasteiger partial charge in [0.2, 0.25) is 5.91 Å². The molecule has 0 bridgehead atoms. The highest BCUT2D eigenvalue weighted by atomic mass is 127. The van der Waals surface area contributed by atoms with Crippen LogP contribution >= 0.6 is 24.0 Å². The largest absolute Gasteiger partial charge is 0.382 e. The van der Waals surface area contributed by atoms with E-state index in [9.17, 15) is 4.79 Å². The number of likely N-dealkylation sites (N-methyl/N-ethyl adjacent to an activating group) is 1. The Labute approximate surface area is 158 Å². The van der Waals surface area contributed by atoms with Crippen molar-refractivity contribution in [3.05, 3.63) is 0 Å². The first-order valence-electron chi connectivity index (χ1n) is 8.41. The second kappa shape index (κ2) is 17.8. The molecule has 0 aliphatic carbocycles. The van der Waals surface area contributed by atoms with Crippen molar-refractivity contribution >= 4 is 35.8 Å². The summed E-state index contributed by atoms with van der Waals surface area (Å²) in [7, 11) is 3.48. The Hall–Kier alpha value is -0.570. The number of ether oxygens (including phenoxy) is 1. The normalized spacial score (nSPS) is 10.9. The number of unbranched alkanes of at least 4 members (excludes halogenated alkanes) is 3. The third-order valence-corrected chi connectivity index (χ3v) is 3.16. The molecule has 0 fully saturated rings. The molecule has 0 aromatic carbocycles. The molecule has 0 spiro atoms. The van der Waals surface area contributed by atoms with Crippen LogP contribution in [0.2, 0.25) is 0 Å². The SMILES string of the molecule is CCCCCCNC(=NCC(=O)N(C)C)NCCCOCC.I. The Morgan fingerprint density at radius 3 is 2.26 bits per heavy atom. The summed E-state index contributed by atoms with van der Waals surface area (Å²) in [6, 6.07) is 0. The molecule has 23 heavy (non-hydrogen) atoms. The number of hydrogen-bond donors (Lipinski definition) is 2. The van der Waals surface area contributed by atoms with Gasteiger partial charge in [0.25, 0.3) is 0 Å². The van der Waals surface area contributed by atoms with Gasteiger partial charge >= 0.3 is 0 Å². The van der Waals surface area contributed by atoms with E-state index >= 15 is 0 Å². The summed E-state index contributed by atoms with van der Waals surface area (Å²) >= 11 is 0. The molecule has 0 rings (SSSR count). The molecule has 0 aliphatic heterocycles. The van der Waals surface area contributed by atoms with Crippen molar-refractivity contribution in [1.29, 1.82) is 0 Å². The smallest absolute Gasteiger partial charge is 0.243 e. The van der Waals surface area contributed by atoms with Crippen molar-refractivity contribution in [2.45, 2.75) is 46.0 Å². The van der Waals surface area contributed by atoms with Gasteiger partial charge < -0.3 is 20.3 Å². The van der Waals surface area contributed by atoms with Crippen molar-refractivity contribution in [2.75, 3.05) is 46.9 Å². The standard InChI is InChI=1S/C16H34N4O2.HI/c1-5-7-8-9-11-17-16(18-12-10-13-22-6-2)19-14-15(21)20(3)4;/h5-14H2,1-4H3,(H2,17,18,19);1H.